The third-order valence-electron chi connectivity index (χ3n) is 5.06. The summed E-state index contributed by atoms with van der Waals surface area (Å²) >= 11 is 6.54. The molecule has 180 valence electrons. The maximum Gasteiger partial charge on any atom is 0.348 e. The van der Waals surface area contributed by atoms with E-state index in [-0.39, 0.29) is 23.2 Å². The first kappa shape index (κ1) is 24.4. The topological polar surface area (TPSA) is 90.0 Å². The number of pyridine rings is 1. The number of benzene rings is 2. The molecular weight excluding hydrogens is 464 g/mol. The third kappa shape index (κ3) is 6.25. The van der Waals surface area contributed by atoms with Crippen LogP contribution in [-0.4, -0.2) is 26.5 Å². The van der Waals surface area contributed by atoms with Gasteiger partial charge in [-0.3, -0.25) is 9.97 Å². The van der Waals surface area contributed by atoms with Gasteiger partial charge in [0.05, 0.1) is 22.9 Å². The van der Waals surface area contributed by atoms with Crippen LogP contribution >= 0.6 is 11.6 Å². The van der Waals surface area contributed by atoms with Crippen LogP contribution in [0.1, 0.15) is 39.5 Å². The van der Waals surface area contributed by atoms with Crippen molar-refractivity contribution in [3.8, 4) is 34.3 Å². The lowest BCUT2D eigenvalue weighted by molar-refractivity contribution is 0.198. The van der Waals surface area contributed by atoms with Crippen molar-refractivity contribution < 1.29 is 9.47 Å². The fraction of sp³-hybridized carbons (Fsp3) is 0.259. The van der Waals surface area contributed by atoms with Crippen LogP contribution in [0.25, 0.3) is 22.8 Å². The Labute approximate surface area is 209 Å². The number of aromatic amines is 1. The molecule has 0 spiro atoms. The van der Waals surface area contributed by atoms with E-state index in [2.05, 4.69) is 40.7 Å². The molecule has 2 aromatic heterocycles. The van der Waals surface area contributed by atoms with E-state index in [1.807, 2.05) is 49.4 Å². The Bertz CT molecular complexity index is 1350. The first-order valence-electron chi connectivity index (χ1n) is 11.3. The molecule has 0 saturated heterocycles. The maximum atomic E-state index is 12.5. The molecule has 2 aromatic carbocycles. The van der Waals surface area contributed by atoms with E-state index >= 15 is 0 Å². The van der Waals surface area contributed by atoms with E-state index in [0.717, 1.165) is 11.4 Å². The van der Waals surface area contributed by atoms with Gasteiger partial charge in [0.25, 0.3) is 0 Å². The highest BCUT2D eigenvalue weighted by Crippen LogP contribution is 2.36. The van der Waals surface area contributed by atoms with Gasteiger partial charge in [-0.2, -0.15) is 4.98 Å². The predicted molar refractivity (Wildman–Crippen MR) is 137 cm³/mol. The minimum Gasteiger partial charge on any atom is -0.493 e. The molecule has 4 rings (SSSR count). The van der Waals surface area contributed by atoms with Crippen molar-refractivity contribution in [2.75, 3.05) is 6.61 Å². The zero-order valence-electron chi connectivity index (χ0n) is 20.1. The quantitative estimate of drug-likeness (QED) is 0.336. The predicted octanol–water partition coefficient (Wildman–Crippen LogP) is 6.11. The van der Waals surface area contributed by atoms with Crippen LogP contribution in [0.3, 0.4) is 0 Å². The van der Waals surface area contributed by atoms with Gasteiger partial charge in [0.2, 0.25) is 0 Å². The van der Waals surface area contributed by atoms with E-state index in [9.17, 15) is 4.79 Å². The van der Waals surface area contributed by atoms with E-state index < -0.39 is 5.69 Å². The minimum absolute atomic E-state index is 0.0478. The van der Waals surface area contributed by atoms with E-state index in [4.69, 9.17) is 21.1 Å². The highest BCUT2D eigenvalue weighted by atomic mass is 35.5. The lowest BCUT2D eigenvalue weighted by atomic mass is 9.99. The number of H-pyrrole nitrogens is 1. The zero-order valence-corrected chi connectivity index (χ0v) is 20.8. The number of hydrogen-bond acceptors (Lipinski definition) is 6. The van der Waals surface area contributed by atoms with Gasteiger partial charge in [-0.05, 0) is 60.9 Å². The Hall–Kier alpha value is -3.71. The molecule has 7 nitrogen and oxygen atoms in total. The standard InChI is InChI=1S/C27H27ClN4O3/c1-17(21-9-5-6-15-29-21)35-22-10-7-8-20(28)23(22)25-30-24(31-26(33)32-25)18-11-13-19(14-12-18)34-16-27(2,3)4/h5-15,17H,16H2,1-4H3,(H,30,31,32,33)/t17-/m0/s1. The molecule has 4 aromatic rings. The molecule has 2 heterocycles. The van der Waals surface area contributed by atoms with Crippen LogP contribution in [0.4, 0.5) is 0 Å². The number of nitrogens with one attached hydrogen (secondary N) is 1. The summed E-state index contributed by atoms with van der Waals surface area (Å²) in [6.45, 7) is 8.80. The summed E-state index contributed by atoms with van der Waals surface area (Å²) in [6, 6.07) is 18.2. The van der Waals surface area contributed by atoms with Crippen LogP contribution in [0.5, 0.6) is 11.5 Å². The fourth-order valence-corrected chi connectivity index (χ4v) is 3.59. The molecule has 0 radical (unpaired) electrons. The van der Waals surface area contributed by atoms with Crippen molar-refractivity contribution in [3.63, 3.8) is 0 Å². The van der Waals surface area contributed by atoms with Crippen molar-refractivity contribution in [2.45, 2.75) is 33.8 Å². The Morgan fingerprint density at radius 3 is 2.46 bits per heavy atom. The maximum absolute atomic E-state index is 12.5. The second kappa shape index (κ2) is 10.3. The Morgan fingerprint density at radius 1 is 1.00 bits per heavy atom. The fourth-order valence-electron chi connectivity index (χ4n) is 3.33. The monoisotopic (exact) mass is 490 g/mol. The average molecular weight is 491 g/mol. The lowest BCUT2D eigenvalue weighted by Gasteiger charge is -2.19. The highest BCUT2D eigenvalue weighted by Gasteiger charge is 2.19. The SMILES string of the molecule is C[C@H](Oc1cccc(Cl)c1-c1nc(-c2ccc(OCC(C)(C)C)cc2)nc(=O)[nH]1)c1ccccn1. The molecule has 0 saturated carbocycles. The Balaban J connectivity index is 1.66. The summed E-state index contributed by atoms with van der Waals surface area (Å²) < 4.78 is 12.0. The van der Waals surface area contributed by atoms with Gasteiger partial charge in [0, 0.05) is 11.8 Å². The molecular formula is C27H27ClN4O3. The number of rotatable bonds is 7. The molecule has 8 heteroatoms. The van der Waals surface area contributed by atoms with Gasteiger partial charge in [-0.25, -0.2) is 9.78 Å². The lowest BCUT2D eigenvalue weighted by Crippen LogP contribution is -2.17. The summed E-state index contributed by atoms with van der Waals surface area (Å²) in [5, 5.41) is 0.391. The van der Waals surface area contributed by atoms with Gasteiger partial charge in [-0.15, -0.1) is 0 Å². The van der Waals surface area contributed by atoms with Crippen molar-refractivity contribution in [1.82, 2.24) is 19.9 Å². The van der Waals surface area contributed by atoms with Crippen LogP contribution in [0, 0.1) is 5.41 Å². The molecule has 0 aliphatic heterocycles. The van der Waals surface area contributed by atoms with Gasteiger partial charge in [-0.1, -0.05) is 44.5 Å². The smallest absolute Gasteiger partial charge is 0.348 e. The van der Waals surface area contributed by atoms with Gasteiger partial charge >= 0.3 is 5.69 Å². The Kier molecular flexibility index (Phi) is 7.17. The number of ether oxygens (including phenoxy) is 2. The normalized spacial score (nSPS) is 12.3. The second-order valence-electron chi connectivity index (χ2n) is 9.33. The molecule has 0 unspecified atom stereocenters. The first-order valence-corrected chi connectivity index (χ1v) is 11.7. The molecule has 0 amide bonds. The van der Waals surface area contributed by atoms with Crippen LogP contribution in [0.15, 0.2) is 71.7 Å². The molecule has 35 heavy (non-hydrogen) atoms. The van der Waals surface area contributed by atoms with E-state index in [0.29, 0.717) is 28.5 Å². The van der Waals surface area contributed by atoms with Crippen molar-refractivity contribution in [1.29, 1.82) is 0 Å². The Morgan fingerprint density at radius 2 is 1.77 bits per heavy atom. The molecule has 0 aliphatic rings. The minimum atomic E-state index is -0.540. The van der Waals surface area contributed by atoms with Crippen molar-refractivity contribution in [3.05, 3.63) is 88.1 Å². The average Bonchev–Trinajstić information content (AvgIpc) is 2.83. The van der Waals surface area contributed by atoms with Gasteiger partial charge in [0.1, 0.15) is 23.4 Å². The number of nitrogens with zero attached hydrogens (tertiary/aromatic N) is 3. The number of aromatic nitrogens is 4. The summed E-state index contributed by atoms with van der Waals surface area (Å²) in [4.78, 5) is 28.2. The second-order valence-corrected chi connectivity index (χ2v) is 9.73. The van der Waals surface area contributed by atoms with Crippen LogP contribution in [-0.2, 0) is 0 Å². The first-order chi connectivity index (χ1) is 16.7. The van der Waals surface area contributed by atoms with Crippen LogP contribution < -0.4 is 15.2 Å². The van der Waals surface area contributed by atoms with Crippen LogP contribution in [0.2, 0.25) is 5.02 Å². The largest absolute Gasteiger partial charge is 0.493 e. The number of halogens is 1. The zero-order chi connectivity index (χ0) is 25.0. The molecule has 0 bridgehead atoms. The summed E-state index contributed by atoms with van der Waals surface area (Å²) in [7, 11) is 0. The molecule has 0 aliphatic carbocycles. The molecule has 1 atom stereocenters. The molecule has 0 fully saturated rings. The van der Waals surface area contributed by atoms with E-state index in [1.54, 1.807) is 24.4 Å². The van der Waals surface area contributed by atoms with Crippen molar-refractivity contribution in [2.24, 2.45) is 5.41 Å². The van der Waals surface area contributed by atoms with Gasteiger partial charge in [0.15, 0.2) is 5.82 Å². The van der Waals surface area contributed by atoms with E-state index in [1.165, 1.54) is 0 Å². The molecule has 1 N–H and O–H groups in total. The summed E-state index contributed by atoms with van der Waals surface area (Å²) in [6.07, 6.45) is 1.36. The highest BCUT2D eigenvalue weighted by molar-refractivity contribution is 6.33. The summed E-state index contributed by atoms with van der Waals surface area (Å²) in [5.41, 5.74) is 1.43. The number of hydrogen-bond donors (Lipinski definition) is 1. The summed E-state index contributed by atoms with van der Waals surface area (Å²) in [5.74, 6) is 1.75. The third-order valence-corrected chi connectivity index (χ3v) is 5.37. The van der Waals surface area contributed by atoms with Crippen molar-refractivity contribution >= 4 is 11.6 Å². The van der Waals surface area contributed by atoms with Gasteiger partial charge < -0.3 is 9.47 Å².